The van der Waals surface area contributed by atoms with Gasteiger partial charge in [-0.2, -0.15) is 0 Å². The maximum absolute atomic E-state index is 13.6. The van der Waals surface area contributed by atoms with Crippen molar-refractivity contribution in [3.05, 3.63) is 58.6 Å². The van der Waals surface area contributed by atoms with Crippen LogP contribution in [0.2, 0.25) is 5.02 Å². The van der Waals surface area contributed by atoms with Gasteiger partial charge in [0.05, 0.1) is 5.02 Å². The summed E-state index contributed by atoms with van der Waals surface area (Å²) in [6.45, 7) is 1.88. The van der Waals surface area contributed by atoms with Gasteiger partial charge < -0.3 is 20.1 Å². The lowest BCUT2D eigenvalue weighted by Crippen LogP contribution is -2.68. The van der Waals surface area contributed by atoms with Crippen molar-refractivity contribution in [2.45, 2.75) is 69.1 Å². The van der Waals surface area contributed by atoms with Crippen LogP contribution >= 0.6 is 11.6 Å². The number of ether oxygens (including phenoxy) is 2. The molecule has 6 rings (SSSR count). The highest BCUT2D eigenvalue weighted by molar-refractivity contribution is 6.30. The van der Waals surface area contributed by atoms with Gasteiger partial charge in [0.15, 0.2) is 12.7 Å². The average Bonchev–Trinajstić information content (AvgIpc) is 2.85. The SMILES string of the molecule is C[C@H]1CC2(NC(=O)COc3ccc(Cl)c(F)c3)CCC1(NC(=O)C1CCc3cc(F)ccc3O1)CC2. The second-order valence-electron chi connectivity index (χ2n) is 10.3. The van der Waals surface area contributed by atoms with Crippen molar-refractivity contribution in [1.29, 1.82) is 0 Å². The molecule has 1 heterocycles. The van der Waals surface area contributed by atoms with Gasteiger partial charge in [-0.05, 0) is 86.8 Å². The van der Waals surface area contributed by atoms with Gasteiger partial charge in [0.1, 0.15) is 23.1 Å². The molecule has 36 heavy (non-hydrogen) atoms. The fourth-order valence-corrected chi connectivity index (χ4v) is 6.11. The van der Waals surface area contributed by atoms with Crippen molar-refractivity contribution in [3.8, 4) is 11.5 Å². The van der Waals surface area contributed by atoms with E-state index in [-0.39, 0.29) is 52.0 Å². The lowest BCUT2D eigenvalue weighted by Gasteiger charge is -2.57. The molecule has 0 saturated heterocycles. The molecular formula is C27H29ClF2N2O4. The van der Waals surface area contributed by atoms with Crippen molar-refractivity contribution in [3.63, 3.8) is 0 Å². The van der Waals surface area contributed by atoms with Gasteiger partial charge in [-0.3, -0.25) is 9.59 Å². The highest BCUT2D eigenvalue weighted by Crippen LogP contribution is 2.50. The number of hydrogen-bond donors (Lipinski definition) is 2. The molecule has 2 atom stereocenters. The fraction of sp³-hybridized carbons (Fsp3) is 0.481. The Morgan fingerprint density at radius 1 is 1.11 bits per heavy atom. The maximum Gasteiger partial charge on any atom is 0.261 e. The molecule has 3 saturated carbocycles. The Balaban J connectivity index is 1.16. The van der Waals surface area contributed by atoms with E-state index in [2.05, 4.69) is 17.6 Å². The molecule has 6 nitrogen and oxygen atoms in total. The molecule has 2 N–H and O–H groups in total. The number of fused-ring (bicyclic) bond motifs is 4. The number of aryl methyl sites for hydroxylation is 1. The molecule has 2 bridgehead atoms. The molecule has 3 fully saturated rings. The lowest BCUT2D eigenvalue weighted by atomic mass is 9.56. The maximum atomic E-state index is 13.6. The number of rotatable bonds is 6. The zero-order valence-electron chi connectivity index (χ0n) is 20.0. The first kappa shape index (κ1) is 24.8. The van der Waals surface area contributed by atoms with Crippen LogP contribution < -0.4 is 20.1 Å². The summed E-state index contributed by atoms with van der Waals surface area (Å²) in [7, 11) is 0. The quantitative estimate of drug-likeness (QED) is 0.580. The zero-order chi connectivity index (χ0) is 25.5. The van der Waals surface area contributed by atoms with Crippen molar-refractivity contribution in [2.24, 2.45) is 5.92 Å². The number of amides is 2. The third-order valence-electron chi connectivity index (χ3n) is 8.04. The summed E-state index contributed by atoms with van der Waals surface area (Å²) in [5.74, 6) is -0.355. The van der Waals surface area contributed by atoms with E-state index < -0.39 is 11.9 Å². The monoisotopic (exact) mass is 518 g/mol. The van der Waals surface area contributed by atoms with E-state index in [0.717, 1.165) is 43.7 Å². The lowest BCUT2D eigenvalue weighted by molar-refractivity contribution is -0.136. The highest BCUT2D eigenvalue weighted by atomic mass is 35.5. The van der Waals surface area contributed by atoms with Crippen LogP contribution in [-0.2, 0) is 16.0 Å². The van der Waals surface area contributed by atoms with Crippen LogP contribution in [0.3, 0.4) is 0 Å². The normalized spacial score (nSPS) is 28.6. The second kappa shape index (κ2) is 9.54. The van der Waals surface area contributed by atoms with Gasteiger partial charge in [-0.1, -0.05) is 18.5 Å². The molecule has 1 aliphatic heterocycles. The number of benzene rings is 2. The topological polar surface area (TPSA) is 76.7 Å². The van der Waals surface area contributed by atoms with Crippen LogP contribution in [-0.4, -0.2) is 35.6 Å². The average molecular weight is 519 g/mol. The minimum Gasteiger partial charge on any atom is -0.484 e. The zero-order valence-corrected chi connectivity index (χ0v) is 20.8. The molecular weight excluding hydrogens is 490 g/mol. The van der Waals surface area contributed by atoms with E-state index in [1.807, 2.05) is 0 Å². The molecule has 3 aliphatic carbocycles. The summed E-state index contributed by atoms with van der Waals surface area (Å²) in [6.07, 6.45) is 4.21. The summed E-state index contributed by atoms with van der Waals surface area (Å²) in [5, 5.41) is 6.43. The Bertz CT molecular complexity index is 1180. The summed E-state index contributed by atoms with van der Waals surface area (Å²) in [5.41, 5.74) is 0.0986. The molecule has 4 aliphatic rings. The third kappa shape index (κ3) is 4.88. The molecule has 2 aromatic carbocycles. The predicted molar refractivity (Wildman–Crippen MR) is 130 cm³/mol. The number of nitrogens with one attached hydrogen (secondary N) is 2. The molecule has 0 aromatic heterocycles. The van der Waals surface area contributed by atoms with Crippen LogP contribution in [0.15, 0.2) is 36.4 Å². The smallest absolute Gasteiger partial charge is 0.261 e. The first-order valence-corrected chi connectivity index (χ1v) is 12.7. The Morgan fingerprint density at radius 2 is 1.89 bits per heavy atom. The first-order chi connectivity index (χ1) is 17.2. The van der Waals surface area contributed by atoms with E-state index in [1.165, 1.54) is 24.3 Å². The Hall–Kier alpha value is -2.87. The Labute approximate surface area is 213 Å². The molecule has 0 spiro atoms. The van der Waals surface area contributed by atoms with Crippen molar-refractivity contribution < 1.29 is 27.8 Å². The highest BCUT2D eigenvalue weighted by Gasteiger charge is 2.54. The number of carbonyl (C=O) groups excluding carboxylic acids is 2. The van der Waals surface area contributed by atoms with Crippen LogP contribution in [0.4, 0.5) is 8.78 Å². The van der Waals surface area contributed by atoms with Crippen molar-refractivity contribution >= 4 is 23.4 Å². The standard InChI is InChI=1S/C27H29ClF2N2O4/c1-16-14-26(31-24(33)15-35-19-4-5-20(28)21(30)13-19)8-10-27(16,11-9-26)32-25(34)23-6-2-17-12-18(29)3-7-22(17)36-23/h3-5,7,12-13,16,23H,2,6,8-11,14-15H2,1H3,(H,31,33)(H,32,34)/t16-,23?,26?,27?/m0/s1. The van der Waals surface area contributed by atoms with Crippen LogP contribution in [0, 0.1) is 17.6 Å². The van der Waals surface area contributed by atoms with E-state index >= 15 is 0 Å². The summed E-state index contributed by atoms with van der Waals surface area (Å²) in [4.78, 5) is 25.8. The van der Waals surface area contributed by atoms with Gasteiger partial charge >= 0.3 is 0 Å². The van der Waals surface area contributed by atoms with E-state index in [0.29, 0.717) is 18.6 Å². The van der Waals surface area contributed by atoms with Crippen LogP contribution in [0.25, 0.3) is 0 Å². The molecule has 2 amide bonds. The van der Waals surface area contributed by atoms with Gasteiger partial charge in [-0.15, -0.1) is 0 Å². The summed E-state index contributed by atoms with van der Waals surface area (Å²) < 4.78 is 38.4. The van der Waals surface area contributed by atoms with E-state index in [1.54, 1.807) is 6.07 Å². The van der Waals surface area contributed by atoms with Crippen molar-refractivity contribution in [2.75, 3.05) is 6.61 Å². The molecule has 9 heteroatoms. The Morgan fingerprint density at radius 3 is 2.61 bits per heavy atom. The van der Waals surface area contributed by atoms with Gasteiger partial charge in [0.2, 0.25) is 0 Å². The van der Waals surface area contributed by atoms with Crippen LogP contribution in [0.1, 0.15) is 51.0 Å². The third-order valence-corrected chi connectivity index (χ3v) is 8.34. The first-order valence-electron chi connectivity index (χ1n) is 12.3. The molecule has 0 radical (unpaired) electrons. The van der Waals surface area contributed by atoms with Gasteiger partial charge in [0, 0.05) is 17.1 Å². The fourth-order valence-electron chi connectivity index (χ4n) is 5.99. The number of hydrogen-bond acceptors (Lipinski definition) is 4. The molecule has 1 unspecified atom stereocenters. The van der Waals surface area contributed by atoms with Gasteiger partial charge in [0.25, 0.3) is 11.8 Å². The number of halogens is 3. The largest absolute Gasteiger partial charge is 0.484 e. The minimum absolute atomic E-state index is 0.00470. The van der Waals surface area contributed by atoms with E-state index in [4.69, 9.17) is 21.1 Å². The van der Waals surface area contributed by atoms with E-state index in [9.17, 15) is 18.4 Å². The van der Waals surface area contributed by atoms with Crippen LogP contribution in [0.5, 0.6) is 11.5 Å². The second-order valence-corrected chi connectivity index (χ2v) is 10.7. The number of carbonyl (C=O) groups is 2. The minimum atomic E-state index is -0.604. The molecule has 2 aromatic rings. The van der Waals surface area contributed by atoms with Crippen molar-refractivity contribution in [1.82, 2.24) is 10.6 Å². The molecule has 192 valence electrons. The Kier molecular flexibility index (Phi) is 6.57. The summed E-state index contributed by atoms with van der Waals surface area (Å²) in [6, 6.07) is 8.44. The summed E-state index contributed by atoms with van der Waals surface area (Å²) >= 11 is 5.68. The predicted octanol–water partition coefficient (Wildman–Crippen LogP) is 4.71. The van der Waals surface area contributed by atoms with Gasteiger partial charge in [-0.25, -0.2) is 8.78 Å².